The maximum Gasteiger partial charge on any atom is 0.160 e. The predicted molar refractivity (Wildman–Crippen MR) is 71.5 cm³/mol. The van der Waals surface area contributed by atoms with E-state index in [1.807, 2.05) is 6.07 Å². The monoisotopic (exact) mass is 247 g/mol. The van der Waals surface area contributed by atoms with Gasteiger partial charge in [-0.25, -0.2) is 0 Å². The molecule has 3 nitrogen and oxygen atoms in total. The van der Waals surface area contributed by atoms with E-state index in [0.29, 0.717) is 0 Å². The molecule has 1 aliphatic heterocycles. The highest BCUT2D eigenvalue weighted by atomic mass is 32.2. The van der Waals surface area contributed by atoms with Crippen LogP contribution in [0.1, 0.15) is 24.2 Å². The summed E-state index contributed by atoms with van der Waals surface area (Å²) in [7, 11) is 0. The van der Waals surface area contributed by atoms with E-state index in [0.717, 1.165) is 23.8 Å². The van der Waals surface area contributed by atoms with E-state index in [9.17, 15) is 0 Å². The Morgan fingerprint density at radius 3 is 3.18 bits per heavy atom. The highest BCUT2D eigenvalue weighted by Crippen LogP contribution is 2.25. The second-order valence-electron chi connectivity index (χ2n) is 4.84. The lowest BCUT2D eigenvalue weighted by Gasteiger charge is -2.20. The van der Waals surface area contributed by atoms with Crippen LogP contribution in [0.4, 0.5) is 0 Å². The first-order valence-electron chi connectivity index (χ1n) is 6.21. The summed E-state index contributed by atoms with van der Waals surface area (Å²) in [4.78, 5) is 0. The Morgan fingerprint density at radius 1 is 1.41 bits per heavy atom. The minimum absolute atomic E-state index is 0.779. The first-order chi connectivity index (χ1) is 8.33. The Hall–Kier alpha value is -1.03. The Morgan fingerprint density at radius 2 is 2.35 bits per heavy atom. The Balaban J connectivity index is 1.86. The van der Waals surface area contributed by atoms with Crippen molar-refractivity contribution in [3.8, 4) is 0 Å². The number of fused-ring (bicyclic) bond motifs is 1. The zero-order valence-corrected chi connectivity index (χ0v) is 10.9. The largest absolute Gasteiger partial charge is 0.286 e. The van der Waals surface area contributed by atoms with Gasteiger partial charge in [0.15, 0.2) is 5.65 Å². The van der Waals surface area contributed by atoms with Gasteiger partial charge in [-0.3, -0.25) is 4.40 Å². The number of aryl methyl sites for hydroxylation is 1. The maximum atomic E-state index is 4.33. The van der Waals surface area contributed by atoms with E-state index >= 15 is 0 Å². The summed E-state index contributed by atoms with van der Waals surface area (Å²) in [5, 5.41) is 8.57. The number of pyridine rings is 1. The number of rotatable bonds is 2. The van der Waals surface area contributed by atoms with Crippen molar-refractivity contribution in [2.24, 2.45) is 5.92 Å². The van der Waals surface area contributed by atoms with Crippen LogP contribution in [0.5, 0.6) is 0 Å². The van der Waals surface area contributed by atoms with Gasteiger partial charge in [-0.2, -0.15) is 11.8 Å². The molecule has 3 rings (SSSR count). The molecule has 0 bridgehead atoms. The molecule has 1 aliphatic rings. The average molecular weight is 247 g/mol. The smallest absolute Gasteiger partial charge is 0.160 e. The van der Waals surface area contributed by atoms with E-state index in [2.05, 4.69) is 45.5 Å². The first kappa shape index (κ1) is 11.1. The Labute approximate surface area is 106 Å². The molecule has 1 saturated heterocycles. The van der Waals surface area contributed by atoms with Crippen LogP contribution in [-0.2, 0) is 6.42 Å². The molecule has 0 radical (unpaired) electrons. The lowest BCUT2D eigenvalue weighted by molar-refractivity contribution is 0.506. The van der Waals surface area contributed by atoms with Crippen molar-refractivity contribution in [2.45, 2.75) is 26.2 Å². The molecular weight excluding hydrogens is 230 g/mol. The highest BCUT2D eigenvalue weighted by Gasteiger charge is 2.17. The lowest BCUT2D eigenvalue weighted by atomic mass is 10.0. The zero-order valence-electron chi connectivity index (χ0n) is 10.1. The van der Waals surface area contributed by atoms with Crippen LogP contribution >= 0.6 is 11.8 Å². The number of aromatic nitrogens is 3. The van der Waals surface area contributed by atoms with Gasteiger partial charge in [0.05, 0.1) is 0 Å². The van der Waals surface area contributed by atoms with Crippen LogP contribution < -0.4 is 0 Å². The zero-order chi connectivity index (χ0) is 11.7. The summed E-state index contributed by atoms with van der Waals surface area (Å²) in [6.07, 6.45) is 5.90. The molecule has 0 amide bonds. The molecule has 0 spiro atoms. The number of hydrogen-bond acceptors (Lipinski definition) is 3. The molecular formula is C13H17N3S. The quantitative estimate of drug-likeness (QED) is 0.817. The van der Waals surface area contributed by atoms with Crippen molar-refractivity contribution < 1.29 is 0 Å². The predicted octanol–water partition coefficient (Wildman–Crippen LogP) is 2.72. The lowest BCUT2D eigenvalue weighted by Crippen LogP contribution is -2.14. The van der Waals surface area contributed by atoms with Crippen molar-refractivity contribution in [3.63, 3.8) is 0 Å². The molecule has 0 aromatic carbocycles. The van der Waals surface area contributed by atoms with Crippen molar-refractivity contribution in [1.29, 1.82) is 0 Å². The van der Waals surface area contributed by atoms with E-state index in [1.54, 1.807) is 0 Å². The molecule has 1 unspecified atom stereocenters. The molecule has 2 aromatic rings. The third-order valence-electron chi connectivity index (χ3n) is 3.35. The molecule has 4 heteroatoms. The first-order valence-corrected chi connectivity index (χ1v) is 7.36. The normalized spacial score (nSPS) is 20.9. The van der Waals surface area contributed by atoms with E-state index in [1.165, 1.54) is 29.9 Å². The van der Waals surface area contributed by atoms with Crippen LogP contribution in [0, 0.1) is 12.8 Å². The fourth-order valence-corrected chi connectivity index (χ4v) is 3.57. The number of thioether (sulfide) groups is 1. The maximum absolute atomic E-state index is 4.33. The second-order valence-corrected chi connectivity index (χ2v) is 5.99. The third kappa shape index (κ3) is 2.32. The molecule has 0 aliphatic carbocycles. The minimum atomic E-state index is 0.779. The molecule has 3 heterocycles. The van der Waals surface area contributed by atoms with Crippen LogP contribution in [0.2, 0.25) is 0 Å². The summed E-state index contributed by atoms with van der Waals surface area (Å²) in [5.74, 6) is 4.51. The van der Waals surface area contributed by atoms with Crippen LogP contribution in [0.3, 0.4) is 0 Å². The molecule has 1 fully saturated rings. The molecule has 0 N–H and O–H groups in total. The molecule has 1 atom stereocenters. The molecule has 90 valence electrons. The van der Waals surface area contributed by atoms with Gasteiger partial charge in [0.25, 0.3) is 0 Å². The van der Waals surface area contributed by atoms with Crippen LogP contribution in [-0.4, -0.2) is 26.1 Å². The van der Waals surface area contributed by atoms with Gasteiger partial charge < -0.3 is 0 Å². The fourth-order valence-electron chi connectivity index (χ4n) is 2.41. The molecule has 2 aromatic heterocycles. The average Bonchev–Trinajstić information content (AvgIpc) is 2.73. The van der Waals surface area contributed by atoms with Crippen molar-refractivity contribution >= 4 is 17.4 Å². The molecule has 17 heavy (non-hydrogen) atoms. The summed E-state index contributed by atoms with van der Waals surface area (Å²) in [5.41, 5.74) is 2.23. The van der Waals surface area contributed by atoms with Crippen molar-refractivity contribution in [2.75, 3.05) is 11.5 Å². The van der Waals surface area contributed by atoms with Gasteiger partial charge in [0.2, 0.25) is 0 Å². The highest BCUT2D eigenvalue weighted by molar-refractivity contribution is 7.99. The van der Waals surface area contributed by atoms with Crippen molar-refractivity contribution in [1.82, 2.24) is 14.6 Å². The Bertz CT molecular complexity index is 514. The SMILES string of the molecule is Cc1ccc2nnc(CC3CCCSC3)n2c1. The van der Waals surface area contributed by atoms with Crippen molar-refractivity contribution in [3.05, 3.63) is 29.7 Å². The summed E-state index contributed by atoms with van der Waals surface area (Å²) < 4.78 is 2.15. The van der Waals surface area contributed by atoms with Gasteiger partial charge in [0, 0.05) is 12.6 Å². The van der Waals surface area contributed by atoms with Gasteiger partial charge in [0.1, 0.15) is 5.82 Å². The van der Waals surface area contributed by atoms with Gasteiger partial charge in [-0.15, -0.1) is 10.2 Å². The minimum Gasteiger partial charge on any atom is -0.286 e. The number of nitrogens with zero attached hydrogens (tertiary/aromatic N) is 3. The summed E-state index contributed by atoms with van der Waals surface area (Å²) >= 11 is 2.08. The standard InChI is InChI=1S/C13H17N3S/c1-10-4-5-12-14-15-13(16(12)8-10)7-11-3-2-6-17-9-11/h4-5,8,11H,2-3,6-7,9H2,1H3. The van der Waals surface area contributed by atoms with E-state index in [4.69, 9.17) is 0 Å². The van der Waals surface area contributed by atoms with Gasteiger partial charge in [-0.05, 0) is 48.8 Å². The summed E-state index contributed by atoms with van der Waals surface area (Å²) in [6.45, 7) is 2.11. The third-order valence-corrected chi connectivity index (χ3v) is 4.63. The number of hydrogen-bond donors (Lipinski definition) is 0. The molecule has 0 saturated carbocycles. The van der Waals surface area contributed by atoms with Crippen LogP contribution in [0.25, 0.3) is 5.65 Å². The fraction of sp³-hybridized carbons (Fsp3) is 0.538. The van der Waals surface area contributed by atoms with E-state index in [-0.39, 0.29) is 0 Å². The van der Waals surface area contributed by atoms with E-state index < -0.39 is 0 Å². The summed E-state index contributed by atoms with van der Waals surface area (Å²) in [6, 6.07) is 4.13. The van der Waals surface area contributed by atoms with Crippen LogP contribution in [0.15, 0.2) is 18.3 Å². The Kier molecular flexibility index (Phi) is 3.05. The van der Waals surface area contributed by atoms with Gasteiger partial charge >= 0.3 is 0 Å². The topological polar surface area (TPSA) is 30.2 Å². The van der Waals surface area contributed by atoms with Gasteiger partial charge in [-0.1, -0.05) is 6.07 Å². The second kappa shape index (κ2) is 4.69.